The molecule has 5 rings (SSSR count). The fourth-order valence-corrected chi connectivity index (χ4v) is 5.24. The summed E-state index contributed by atoms with van der Waals surface area (Å²) in [5.41, 5.74) is 4.07. The maximum Gasteiger partial charge on any atom is 0.274 e. The topological polar surface area (TPSA) is 79.6 Å². The number of hydrogen-bond donors (Lipinski definition) is 1. The molecule has 164 valence electrons. The number of nitrogens with zero attached hydrogens (tertiary/aromatic N) is 4. The van der Waals surface area contributed by atoms with Crippen molar-refractivity contribution in [3.8, 4) is 0 Å². The second-order valence-electron chi connectivity index (χ2n) is 8.53. The maximum atomic E-state index is 13.0. The lowest BCUT2D eigenvalue weighted by molar-refractivity contribution is -0.117. The maximum absolute atomic E-state index is 13.0. The Morgan fingerprint density at radius 3 is 2.91 bits per heavy atom. The molecule has 3 aromatic heterocycles. The first-order valence-corrected chi connectivity index (χ1v) is 11.7. The minimum atomic E-state index is -0.0671. The van der Waals surface area contributed by atoms with Gasteiger partial charge >= 0.3 is 0 Å². The monoisotopic (exact) mass is 447 g/mol. The van der Waals surface area contributed by atoms with Crippen molar-refractivity contribution >= 4 is 44.7 Å². The van der Waals surface area contributed by atoms with Crippen LogP contribution in [0.25, 0.3) is 15.9 Å². The van der Waals surface area contributed by atoms with E-state index < -0.39 is 0 Å². The highest BCUT2D eigenvalue weighted by atomic mass is 32.1. The minimum absolute atomic E-state index is 0.0203. The van der Waals surface area contributed by atoms with Crippen molar-refractivity contribution < 1.29 is 9.59 Å². The van der Waals surface area contributed by atoms with E-state index in [2.05, 4.69) is 15.3 Å². The number of thiazole rings is 1. The number of benzene rings is 1. The third-order valence-corrected chi connectivity index (χ3v) is 6.81. The van der Waals surface area contributed by atoms with Crippen LogP contribution >= 0.6 is 11.3 Å². The van der Waals surface area contributed by atoms with Crippen molar-refractivity contribution in [2.75, 3.05) is 18.4 Å². The predicted molar refractivity (Wildman–Crippen MR) is 126 cm³/mol. The largest absolute Gasteiger partial charge is 0.337 e. The van der Waals surface area contributed by atoms with Gasteiger partial charge in [-0.25, -0.2) is 9.97 Å². The number of hydrogen-bond acceptors (Lipinski definition) is 5. The highest BCUT2D eigenvalue weighted by molar-refractivity contribution is 7.18. The first-order chi connectivity index (χ1) is 15.4. The molecule has 1 N–H and O–H groups in total. The van der Waals surface area contributed by atoms with Crippen LogP contribution in [-0.4, -0.2) is 44.2 Å². The first kappa shape index (κ1) is 20.6. The molecule has 4 aromatic rings. The quantitative estimate of drug-likeness (QED) is 0.502. The molecule has 1 aliphatic heterocycles. The standard InChI is InChI=1S/C24H25N5O2S/c1-15-5-8-22-27-20(14-29(22)12-15)24(31)28-9-3-4-17(13-28)10-23(30)26-18-6-7-19-21(11-18)32-16(2)25-19/h5-8,11-12,14,17H,3-4,9-10,13H2,1-2H3,(H,26,30)/t17-/m0/s1. The third kappa shape index (κ3) is 4.23. The molecule has 1 saturated heterocycles. The van der Waals surface area contributed by atoms with Crippen LogP contribution < -0.4 is 5.32 Å². The first-order valence-electron chi connectivity index (χ1n) is 10.9. The van der Waals surface area contributed by atoms with E-state index in [1.54, 1.807) is 17.5 Å². The Morgan fingerprint density at radius 1 is 1.16 bits per heavy atom. The molecule has 0 spiro atoms. The smallest absolute Gasteiger partial charge is 0.274 e. The molecule has 1 aromatic carbocycles. The van der Waals surface area contributed by atoms with Crippen molar-refractivity contribution in [3.05, 3.63) is 59.0 Å². The number of carbonyl (C=O) groups is 2. The van der Waals surface area contributed by atoms with Gasteiger partial charge in [0.15, 0.2) is 0 Å². The summed E-state index contributed by atoms with van der Waals surface area (Å²) in [5, 5.41) is 4.02. The summed E-state index contributed by atoms with van der Waals surface area (Å²) in [6.07, 6.45) is 5.98. The van der Waals surface area contributed by atoms with Crippen LogP contribution in [0.15, 0.2) is 42.7 Å². The van der Waals surface area contributed by atoms with Crippen molar-refractivity contribution in [2.24, 2.45) is 5.92 Å². The van der Waals surface area contributed by atoms with E-state index in [4.69, 9.17) is 0 Å². The van der Waals surface area contributed by atoms with Gasteiger partial charge in [-0.2, -0.15) is 0 Å². The molecule has 0 radical (unpaired) electrons. The number of nitrogens with one attached hydrogen (secondary N) is 1. The van der Waals surface area contributed by atoms with Gasteiger partial charge in [0.05, 0.1) is 15.2 Å². The Balaban J connectivity index is 1.22. The number of aryl methyl sites for hydroxylation is 2. The van der Waals surface area contributed by atoms with E-state index in [-0.39, 0.29) is 17.7 Å². The second kappa shape index (κ2) is 8.35. The predicted octanol–water partition coefficient (Wildman–Crippen LogP) is 4.44. The summed E-state index contributed by atoms with van der Waals surface area (Å²) >= 11 is 1.62. The highest BCUT2D eigenvalue weighted by Gasteiger charge is 2.27. The van der Waals surface area contributed by atoms with Crippen LogP contribution in [0.1, 0.15) is 40.3 Å². The highest BCUT2D eigenvalue weighted by Crippen LogP contribution is 2.26. The van der Waals surface area contributed by atoms with Gasteiger partial charge in [0.2, 0.25) is 5.91 Å². The van der Waals surface area contributed by atoms with Gasteiger partial charge in [-0.1, -0.05) is 6.07 Å². The zero-order valence-corrected chi connectivity index (χ0v) is 19.0. The van der Waals surface area contributed by atoms with E-state index >= 15 is 0 Å². The lowest BCUT2D eigenvalue weighted by atomic mass is 9.94. The number of fused-ring (bicyclic) bond motifs is 2. The Morgan fingerprint density at radius 2 is 2.03 bits per heavy atom. The molecule has 1 atom stereocenters. The molecule has 32 heavy (non-hydrogen) atoms. The van der Waals surface area contributed by atoms with Gasteiger partial charge < -0.3 is 14.6 Å². The average molecular weight is 448 g/mol. The summed E-state index contributed by atoms with van der Waals surface area (Å²) in [4.78, 5) is 36.5. The molecule has 2 amide bonds. The molecular formula is C24H25N5O2S. The fraction of sp³-hybridized carbons (Fsp3) is 0.333. The molecule has 8 heteroatoms. The van der Waals surface area contributed by atoms with E-state index in [0.29, 0.717) is 25.2 Å². The Hall–Kier alpha value is -3.26. The third-order valence-electron chi connectivity index (χ3n) is 5.88. The molecule has 4 heterocycles. The van der Waals surface area contributed by atoms with E-state index in [1.807, 2.05) is 59.7 Å². The number of pyridine rings is 1. The van der Waals surface area contributed by atoms with E-state index in [0.717, 1.165) is 45.0 Å². The van der Waals surface area contributed by atoms with Gasteiger partial charge in [-0.05, 0) is 62.4 Å². The van der Waals surface area contributed by atoms with Gasteiger partial charge in [-0.3, -0.25) is 9.59 Å². The molecule has 7 nitrogen and oxygen atoms in total. The van der Waals surface area contributed by atoms with Crippen LogP contribution in [0.2, 0.25) is 0 Å². The number of aromatic nitrogens is 3. The van der Waals surface area contributed by atoms with Crippen molar-refractivity contribution in [2.45, 2.75) is 33.1 Å². The van der Waals surface area contributed by atoms with Crippen LogP contribution in [0, 0.1) is 19.8 Å². The molecule has 0 aliphatic carbocycles. The van der Waals surface area contributed by atoms with Crippen molar-refractivity contribution in [1.29, 1.82) is 0 Å². The van der Waals surface area contributed by atoms with Crippen molar-refractivity contribution in [3.63, 3.8) is 0 Å². The van der Waals surface area contributed by atoms with Gasteiger partial charge in [-0.15, -0.1) is 11.3 Å². The van der Waals surface area contributed by atoms with Crippen molar-refractivity contribution in [1.82, 2.24) is 19.3 Å². The summed E-state index contributed by atoms with van der Waals surface area (Å²) in [6, 6.07) is 9.70. The summed E-state index contributed by atoms with van der Waals surface area (Å²) in [5.74, 6) is 0.0527. The minimum Gasteiger partial charge on any atom is -0.337 e. The molecule has 1 fully saturated rings. The Kier molecular flexibility index (Phi) is 5.38. The number of piperidine rings is 1. The summed E-state index contributed by atoms with van der Waals surface area (Å²) in [6.45, 7) is 5.27. The number of imidazole rings is 1. The number of likely N-dealkylation sites (tertiary alicyclic amines) is 1. The number of anilines is 1. The zero-order chi connectivity index (χ0) is 22.2. The molecule has 0 bridgehead atoms. The number of carbonyl (C=O) groups excluding carboxylic acids is 2. The second-order valence-corrected chi connectivity index (χ2v) is 9.76. The summed E-state index contributed by atoms with van der Waals surface area (Å²) in [7, 11) is 0. The molecule has 0 saturated carbocycles. The van der Waals surface area contributed by atoms with Crippen LogP contribution in [0.3, 0.4) is 0 Å². The van der Waals surface area contributed by atoms with E-state index in [1.165, 1.54) is 0 Å². The van der Waals surface area contributed by atoms with Crippen LogP contribution in [-0.2, 0) is 4.79 Å². The normalized spacial score (nSPS) is 16.6. The Labute approximate surface area is 190 Å². The zero-order valence-electron chi connectivity index (χ0n) is 18.2. The van der Waals surface area contributed by atoms with Gasteiger partial charge in [0.25, 0.3) is 5.91 Å². The lowest BCUT2D eigenvalue weighted by Crippen LogP contribution is -2.41. The number of rotatable bonds is 4. The van der Waals surface area contributed by atoms with Gasteiger partial charge in [0, 0.05) is 37.6 Å². The van der Waals surface area contributed by atoms with Crippen LogP contribution in [0.4, 0.5) is 5.69 Å². The Bertz CT molecular complexity index is 1320. The lowest BCUT2D eigenvalue weighted by Gasteiger charge is -2.32. The fourth-order valence-electron chi connectivity index (χ4n) is 4.38. The molecule has 1 aliphatic rings. The number of amides is 2. The van der Waals surface area contributed by atoms with E-state index in [9.17, 15) is 9.59 Å². The molecule has 0 unspecified atom stereocenters. The summed E-state index contributed by atoms with van der Waals surface area (Å²) < 4.78 is 2.95. The SMILES string of the molecule is Cc1ccc2nc(C(=O)N3CCC[C@@H](CC(=O)Nc4ccc5nc(C)sc5c4)C3)cn2c1. The van der Waals surface area contributed by atoms with Crippen LogP contribution in [0.5, 0.6) is 0 Å². The average Bonchev–Trinajstić information content (AvgIpc) is 3.35. The van der Waals surface area contributed by atoms with Gasteiger partial charge in [0.1, 0.15) is 11.3 Å². The molecular weight excluding hydrogens is 422 g/mol.